The normalized spacial score (nSPS) is 19.3. The fraction of sp³-hybridized carbons (Fsp3) is 0.611. The smallest absolute Gasteiger partial charge is 0.255 e. The number of piperazine rings is 1. The van der Waals surface area contributed by atoms with Gasteiger partial charge in [-0.2, -0.15) is 0 Å². The van der Waals surface area contributed by atoms with Crippen molar-refractivity contribution in [1.29, 1.82) is 0 Å². The lowest BCUT2D eigenvalue weighted by Gasteiger charge is -2.35. The standard InChI is InChI=1S/C18H26N4O2/c23-17(21-8-2-1-3-9-21)6-10-20-11-13-22(14-12-20)18(24)16-5-4-7-19-15-16/h4-5,7,15H,1-3,6,8-14H2. The summed E-state index contributed by atoms with van der Waals surface area (Å²) in [5.74, 6) is 0.329. The van der Waals surface area contributed by atoms with Crippen LogP contribution in [0, 0.1) is 0 Å². The lowest BCUT2D eigenvalue weighted by Crippen LogP contribution is -2.49. The lowest BCUT2D eigenvalue weighted by molar-refractivity contribution is -0.132. The maximum Gasteiger partial charge on any atom is 0.255 e. The van der Waals surface area contributed by atoms with Crippen LogP contribution in [0.3, 0.4) is 0 Å². The molecule has 3 rings (SSSR count). The summed E-state index contributed by atoms with van der Waals surface area (Å²) in [7, 11) is 0. The molecule has 130 valence electrons. The van der Waals surface area contributed by atoms with Gasteiger partial charge in [0.05, 0.1) is 5.56 Å². The molecule has 0 spiro atoms. The van der Waals surface area contributed by atoms with E-state index in [-0.39, 0.29) is 11.8 Å². The summed E-state index contributed by atoms with van der Waals surface area (Å²) in [5, 5.41) is 0. The van der Waals surface area contributed by atoms with Crippen LogP contribution in [0.5, 0.6) is 0 Å². The first-order chi connectivity index (χ1) is 11.7. The fourth-order valence-electron chi connectivity index (χ4n) is 3.40. The Labute approximate surface area is 143 Å². The first-order valence-corrected chi connectivity index (χ1v) is 8.93. The Bertz CT molecular complexity index is 549. The van der Waals surface area contributed by atoms with Crippen molar-refractivity contribution in [3.8, 4) is 0 Å². The van der Waals surface area contributed by atoms with Gasteiger partial charge < -0.3 is 9.80 Å². The third-order valence-electron chi connectivity index (χ3n) is 4.92. The molecule has 0 aromatic carbocycles. The number of carbonyl (C=O) groups excluding carboxylic acids is 2. The van der Waals surface area contributed by atoms with E-state index in [4.69, 9.17) is 0 Å². The average molecular weight is 330 g/mol. The number of nitrogens with zero attached hydrogens (tertiary/aromatic N) is 4. The van der Waals surface area contributed by atoms with Gasteiger partial charge in [-0.15, -0.1) is 0 Å². The maximum absolute atomic E-state index is 12.4. The molecule has 2 fully saturated rings. The molecule has 0 unspecified atom stereocenters. The molecule has 0 aliphatic carbocycles. The van der Waals surface area contributed by atoms with E-state index in [0.29, 0.717) is 25.1 Å². The van der Waals surface area contributed by atoms with E-state index in [1.807, 2.05) is 9.80 Å². The van der Waals surface area contributed by atoms with Gasteiger partial charge in [0, 0.05) is 64.6 Å². The molecule has 2 aliphatic rings. The van der Waals surface area contributed by atoms with Crippen LogP contribution in [0.25, 0.3) is 0 Å². The predicted molar refractivity (Wildman–Crippen MR) is 91.6 cm³/mol. The Hall–Kier alpha value is -1.95. The van der Waals surface area contributed by atoms with Gasteiger partial charge in [0.15, 0.2) is 0 Å². The van der Waals surface area contributed by atoms with Crippen LogP contribution >= 0.6 is 0 Å². The van der Waals surface area contributed by atoms with Crippen LogP contribution in [0.2, 0.25) is 0 Å². The predicted octanol–water partition coefficient (Wildman–Crippen LogP) is 1.24. The minimum Gasteiger partial charge on any atom is -0.343 e. The second kappa shape index (κ2) is 8.24. The summed E-state index contributed by atoms with van der Waals surface area (Å²) in [5.41, 5.74) is 0.645. The van der Waals surface area contributed by atoms with Crippen LogP contribution in [0.1, 0.15) is 36.0 Å². The van der Waals surface area contributed by atoms with Gasteiger partial charge >= 0.3 is 0 Å². The maximum atomic E-state index is 12.4. The zero-order chi connectivity index (χ0) is 16.8. The Morgan fingerprint density at radius 2 is 1.71 bits per heavy atom. The Balaban J connectivity index is 1.40. The third-order valence-corrected chi connectivity index (χ3v) is 4.92. The van der Waals surface area contributed by atoms with Crippen LogP contribution in [0.15, 0.2) is 24.5 Å². The van der Waals surface area contributed by atoms with Gasteiger partial charge in [0.25, 0.3) is 5.91 Å². The summed E-state index contributed by atoms with van der Waals surface area (Å²) in [6.07, 6.45) is 7.41. The van der Waals surface area contributed by atoms with Crippen molar-refractivity contribution in [2.75, 3.05) is 45.8 Å². The Morgan fingerprint density at radius 3 is 2.38 bits per heavy atom. The molecule has 0 N–H and O–H groups in total. The highest BCUT2D eigenvalue weighted by Gasteiger charge is 2.23. The number of rotatable bonds is 4. The van der Waals surface area contributed by atoms with Gasteiger partial charge in [-0.25, -0.2) is 0 Å². The highest BCUT2D eigenvalue weighted by Crippen LogP contribution is 2.12. The quantitative estimate of drug-likeness (QED) is 0.833. The van der Waals surface area contributed by atoms with E-state index in [2.05, 4.69) is 9.88 Å². The van der Waals surface area contributed by atoms with Gasteiger partial charge in [-0.3, -0.25) is 19.5 Å². The molecule has 6 nitrogen and oxygen atoms in total. The number of likely N-dealkylation sites (tertiary alicyclic amines) is 1. The van der Waals surface area contributed by atoms with E-state index >= 15 is 0 Å². The number of hydrogen-bond acceptors (Lipinski definition) is 4. The Kier molecular flexibility index (Phi) is 5.80. The molecule has 2 aliphatic heterocycles. The van der Waals surface area contributed by atoms with E-state index in [1.54, 1.807) is 24.5 Å². The van der Waals surface area contributed by atoms with Gasteiger partial charge in [-0.05, 0) is 31.4 Å². The number of pyridine rings is 1. The first kappa shape index (κ1) is 16.9. The first-order valence-electron chi connectivity index (χ1n) is 8.93. The molecule has 24 heavy (non-hydrogen) atoms. The minimum absolute atomic E-state index is 0.0483. The molecular weight excluding hydrogens is 304 g/mol. The highest BCUT2D eigenvalue weighted by atomic mass is 16.2. The van der Waals surface area contributed by atoms with E-state index in [9.17, 15) is 9.59 Å². The van der Waals surface area contributed by atoms with Crippen molar-refractivity contribution in [1.82, 2.24) is 19.7 Å². The van der Waals surface area contributed by atoms with Crippen molar-refractivity contribution in [3.05, 3.63) is 30.1 Å². The van der Waals surface area contributed by atoms with Crippen molar-refractivity contribution in [2.24, 2.45) is 0 Å². The summed E-state index contributed by atoms with van der Waals surface area (Å²) in [6, 6.07) is 3.59. The van der Waals surface area contributed by atoms with Crippen molar-refractivity contribution in [3.63, 3.8) is 0 Å². The highest BCUT2D eigenvalue weighted by molar-refractivity contribution is 5.93. The van der Waals surface area contributed by atoms with Crippen LogP contribution in [0.4, 0.5) is 0 Å². The van der Waals surface area contributed by atoms with E-state index in [1.165, 1.54) is 6.42 Å². The van der Waals surface area contributed by atoms with Gasteiger partial charge in [0.2, 0.25) is 5.91 Å². The topological polar surface area (TPSA) is 56.8 Å². The molecular formula is C18H26N4O2. The van der Waals surface area contributed by atoms with Crippen molar-refractivity contribution < 1.29 is 9.59 Å². The second-order valence-electron chi connectivity index (χ2n) is 6.57. The third kappa shape index (κ3) is 4.32. The molecule has 0 atom stereocenters. The molecule has 1 aromatic heterocycles. The zero-order valence-corrected chi connectivity index (χ0v) is 14.2. The SMILES string of the molecule is O=C(CCN1CCN(C(=O)c2cccnc2)CC1)N1CCCCC1. The molecule has 6 heteroatoms. The van der Waals surface area contributed by atoms with E-state index in [0.717, 1.165) is 45.6 Å². The summed E-state index contributed by atoms with van der Waals surface area (Å²) < 4.78 is 0. The molecule has 1 aromatic rings. The summed E-state index contributed by atoms with van der Waals surface area (Å²) in [4.78, 5) is 34.8. The van der Waals surface area contributed by atoms with E-state index < -0.39 is 0 Å². The number of aromatic nitrogens is 1. The second-order valence-corrected chi connectivity index (χ2v) is 6.57. The summed E-state index contributed by atoms with van der Waals surface area (Å²) >= 11 is 0. The van der Waals surface area contributed by atoms with Crippen LogP contribution in [-0.2, 0) is 4.79 Å². The molecule has 3 heterocycles. The monoisotopic (exact) mass is 330 g/mol. The number of amides is 2. The largest absolute Gasteiger partial charge is 0.343 e. The average Bonchev–Trinajstić information content (AvgIpc) is 2.67. The van der Waals surface area contributed by atoms with Gasteiger partial charge in [0.1, 0.15) is 0 Å². The minimum atomic E-state index is 0.0483. The van der Waals surface area contributed by atoms with Crippen LogP contribution < -0.4 is 0 Å². The number of piperidine rings is 1. The summed E-state index contributed by atoms with van der Waals surface area (Å²) in [6.45, 7) is 5.73. The van der Waals surface area contributed by atoms with Gasteiger partial charge in [-0.1, -0.05) is 0 Å². The number of carbonyl (C=O) groups is 2. The molecule has 0 radical (unpaired) electrons. The van der Waals surface area contributed by atoms with Crippen molar-refractivity contribution >= 4 is 11.8 Å². The molecule has 0 bridgehead atoms. The number of hydrogen-bond donors (Lipinski definition) is 0. The molecule has 2 amide bonds. The Morgan fingerprint density at radius 1 is 0.958 bits per heavy atom. The molecule has 0 saturated carbocycles. The lowest BCUT2D eigenvalue weighted by atomic mass is 10.1. The van der Waals surface area contributed by atoms with Crippen LogP contribution in [-0.4, -0.2) is 77.3 Å². The fourth-order valence-corrected chi connectivity index (χ4v) is 3.40. The molecule has 2 saturated heterocycles. The van der Waals surface area contributed by atoms with Crippen molar-refractivity contribution in [2.45, 2.75) is 25.7 Å². The zero-order valence-electron chi connectivity index (χ0n) is 14.2.